The zero-order chi connectivity index (χ0) is 19.3. The van der Waals surface area contributed by atoms with Crippen molar-refractivity contribution in [1.29, 1.82) is 0 Å². The van der Waals surface area contributed by atoms with Crippen molar-refractivity contribution in [3.05, 3.63) is 35.5 Å². The molecule has 0 unspecified atom stereocenters. The van der Waals surface area contributed by atoms with Gasteiger partial charge in [0.1, 0.15) is 22.9 Å². The third kappa shape index (κ3) is 5.42. The molecular formula is C18H22ClN3O4. The third-order valence-electron chi connectivity index (χ3n) is 3.15. The van der Waals surface area contributed by atoms with Gasteiger partial charge in [-0.3, -0.25) is 5.32 Å². The van der Waals surface area contributed by atoms with Crippen molar-refractivity contribution in [1.82, 2.24) is 4.98 Å². The van der Waals surface area contributed by atoms with Crippen molar-refractivity contribution < 1.29 is 19.0 Å². The second-order valence-electron chi connectivity index (χ2n) is 6.37. The van der Waals surface area contributed by atoms with Crippen LogP contribution in [0.15, 0.2) is 30.5 Å². The summed E-state index contributed by atoms with van der Waals surface area (Å²) >= 11 is 6.10. The number of benzene rings is 1. The summed E-state index contributed by atoms with van der Waals surface area (Å²) in [5.74, 6) is 1.46. The highest BCUT2D eigenvalue weighted by atomic mass is 35.5. The fourth-order valence-electron chi connectivity index (χ4n) is 2.06. The minimum absolute atomic E-state index is 0.380. The molecule has 0 spiro atoms. The largest absolute Gasteiger partial charge is 0.495 e. The first kappa shape index (κ1) is 19.7. The second kappa shape index (κ2) is 8.14. The number of halogens is 1. The lowest BCUT2D eigenvalue weighted by atomic mass is 10.2. The molecular weight excluding hydrogens is 358 g/mol. The third-order valence-corrected chi connectivity index (χ3v) is 3.44. The van der Waals surface area contributed by atoms with E-state index in [1.165, 1.54) is 7.11 Å². The van der Waals surface area contributed by atoms with Crippen LogP contribution in [0.4, 0.5) is 22.0 Å². The molecule has 1 aromatic carbocycles. The first-order valence-corrected chi connectivity index (χ1v) is 8.24. The predicted molar refractivity (Wildman–Crippen MR) is 102 cm³/mol. The van der Waals surface area contributed by atoms with Gasteiger partial charge < -0.3 is 19.5 Å². The van der Waals surface area contributed by atoms with E-state index < -0.39 is 11.7 Å². The van der Waals surface area contributed by atoms with Gasteiger partial charge in [-0.15, -0.1) is 0 Å². The summed E-state index contributed by atoms with van der Waals surface area (Å²) in [7, 11) is 3.09. The number of hydrogen-bond donors (Lipinski definition) is 2. The Morgan fingerprint density at radius 2 is 1.81 bits per heavy atom. The van der Waals surface area contributed by atoms with Gasteiger partial charge in [0.05, 0.1) is 36.8 Å². The number of rotatable bonds is 5. The van der Waals surface area contributed by atoms with Crippen molar-refractivity contribution in [2.75, 3.05) is 24.9 Å². The van der Waals surface area contributed by atoms with Gasteiger partial charge in [0.15, 0.2) is 0 Å². The molecule has 0 bridgehead atoms. The molecule has 0 radical (unpaired) electrons. The number of ether oxygens (including phenoxy) is 3. The molecule has 0 saturated heterocycles. The number of nitrogens with one attached hydrogen (secondary N) is 2. The molecule has 0 aliphatic carbocycles. The topological polar surface area (TPSA) is 81.7 Å². The number of carbonyl (C=O) groups is 1. The molecule has 2 aromatic rings. The molecule has 7 nitrogen and oxygen atoms in total. The maximum Gasteiger partial charge on any atom is 0.413 e. The predicted octanol–water partition coefficient (Wildman–Crippen LogP) is 4.84. The molecule has 8 heteroatoms. The summed E-state index contributed by atoms with van der Waals surface area (Å²) < 4.78 is 15.7. The Morgan fingerprint density at radius 3 is 2.35 bits per heavy atom. The molecule has 0 saturated carbocycles. The van der Waals surface area contributed by atoms with E-state index in [2.05, 4.69) is 15.6 Å². The van der Waals surface area contributed by atoms with Crippen LogP contribution < -0.4 is 20.1 Å². The Balaban J connectivity index is 2.11. The molecule has 140 valence electrons. The van der Waals surface area contributed by atoms with Crippen LogP contribution in [0.5, 0.6) is 11.5 Å². The highest BCUT2D eigenvalue weighted by Gasteiger charge is 2.16. The Labute approximate surface area is 157 Å². The molecule has 1 aromatic heterocycles. The van der Waals surface area contributed by atoms with E-state index in [1.807, 2.05) is 0 Å². The summed E-state index contributed by atoms with van der Waals surface area (Å²) in [6.45, 7) is 5.38. The zero-order valence-corrected chi connectivity index (χ0v) is 16.1. The highest BCUT2D eigenvalue weighted by molar-refractivity contribution is 6.32. The van der Waals surface area contributed by atoms with Crippen LogP contribution in [0.1, 0.15) is 20.8 Å². The van der Waals surface area contributed by atoms with Crippen LogP contribution in [-0.4, -0.2) is 30.9 Å². The van der Waals surface area contributed by atoms with Gasteiger partial charge in [-0.25, -0.2) is 9.78 Å². The molecule has 0 atom stereocenters. The monoisotopic (exact) mass is 379 g/mol. The van der Waals surface area contributed by atoms with Gasteiger partial charge in [-0.2, -0.15) is 0 Å². The highest BCUT2D eigenvalue weighted by Crippen LogP contribution is 2.37. The number of methoxy groups -OCH3 is 2. The molecule has 26 heavy (non-hydrogen) atoms. The number of hydrogen-bond acceptors (Lipinski definition) is 6. The van der Waals surface area contributed by atoms with Gasteiger partial charge in [0.2, 0.25) is 0 Å². The number of carbonyl (C=O) groups excluding carboxylic acids is 1. The Hall–Kier alpha value is -2.67. The molecule has 2 rings (SSSR count). The first-order chi connectivity index (χ1) is 12.2. The van der Waals surface area contributed by atoms with Crippen LogP contribution in [0.25, 0.3) is 0 Å². The average molecular weight is 380 g/mol. The van der Waals surface area contributed by atoms with Crippen LogP contribution in [0.3, 0.4) is 0 Å². The molecule has 1 heterocycles. The van der Waals surface area contributed by atoms with E-state index in [-0.39, 0.29) is 0 Å². The zero-order valence-electron chi connectivity index (χ0n) is 15.3. The van der Waals surface area contributed by atoms with E-state index in [0.717, 1.165) is 0 Å². The lowest BCUT2D eigenvalue weighted by Crippen LogP contribution is -2.27. The first-order valence-electron chi connectivity index (χ1n) is 7.86. The van der Waals surface area contributed by atoms with Gasteiger partial charge in [0, 0.05) is 12.1 Å². The maximum absolute atomic E-state index is 11.8. The van der Waals surface area contributed by atoms with Crippen LogP contribution in [0, 0.1) is 0 Å². The van der Waals surface area contributed by atoms with Gasteiger partial charge in [-0.05, 0) is 32.9 Å². The number of nitrogens with zero attached hydrogens (tertiary/aromatic N) is 1. The van der Waals surface area contributed by atoms with E-state index in [1.54, 1.807) is 58.3 Å². The fourth-order valence-corrected chi connectivity index (χ4v) is 2.29. The quantitative estimate of drug-likeness (QED) is 0.773. The van der Waals surface area contributed by atoms with E-state index in [0.29, 0.717) is 33.7 Å². The normalized spacial score (nSPS) is 10.8. The number of amides is 1. The Bertz CT molecular complexity index is 773. The summed E-state index contributed by atoms with van der Waals surface area (Å²) in [6, 6.07) is 6.81. The van der Waals surface area contributed by atoms with Gasteiger partial charge in [0.25, 0.3) is 0 Å². The summed E-state index contributed by atoms with van der Waals surface area (Å²) in [4.78, 5) is 15.9. The van der Waals surface area contributed by atoms with Crippen molar-refractivity contribution in [2.45, 2.75) is 26.4 Å². The van der Waals surface area contributed by atoms with Crippen molar-refractivity contribution in [3.63, 3.8) is 0 Å². The SMILES string of the molecule is COc1cc(Nc2ccc(NC(=O)OC(C)(C)C)nc2)c(OC)cc1Cl. The standard InChI is InChI=1S/C18H22ClN3O4/c1-18(2,3)26-17(23)22-16-7-6-11(10-20-16)21-13-9-14(24-4)12(19)8-15(13)25-5/h6-10,21H,1-5H3,(H,20,22,23). The molecule has 0 aliphatic rings. The van der Waals surface area contributed by atoms with Gasteiger partial charge in [-0.1, -0.05) is 11.6 Å². The van der Waals surface area contributed by atoms with E-state index in [4.69, 9.17) is 25.8 Å². The Kier molecular flexibility index (Phi) is 6.15. The van der Waals surface area contributed by atoms with Crippen molar-refractivity contribution >= 4 is 34.9 Å². The summed E-state index contributed by atoms with van der Waals surface area (Å²) in [5, 5.41) is 6.20. The second-order valence-corrected chi connectivity index (χ2v) is 6.78. The van der Waals surface area contributed by atoms with Crippen LogP contribution >= 0.6 is 11.6 Å². The number of pyridine rings is 1. The van der Waals surface area contributed by atoms with Crippen LogP contribution in [-0.2, 0) is 4.74 Å². The maximum atomic E-state index is 11.8. The van der Waals surface area contributed by atoms with Crippen LogP contribution in [0.2, 0.25) is 5.02 Å². The van der Waals surface area contributed by atoms with E-state index >= 15 is 0 Å². The lowest BCUT2D eigenvalue weighted by molar-refractivity contribution is 0.0635. The smallest absolute Gasteiger partial charge is 0.413 e. The number of aromatic nitrogens is 1. The molecule has 0 aliphatic heterocycles. The Morgan fingerprint density at radius 1 is 1.12 bits per heavy atom. The lowest BCUT2D eigenvalue weighted by Gasteiger charge is -2.19. The summed E-state index contributed by atoms with van der Waals surface area (Å²) in [5.41, 5.74) is 0.793. The molecule has 0 fully saturated rings. The molecule has 2 N–H and O–H groups in total. The summed E-state index contributed by atoms with van der Waals surface area (Å²) in [6.07, 6.45) is 1.02. The minimum Gasteiger partial charge on any atom is -0.495 e. The molecule has 1 amide bonds. The van der Waals surface area contributed by atoms with Crippen molar-refractivity contribution in [3.8, 4) is 11.5 Å². The number of anilines is 3. The van der Waals surface area contributed by atoms with Crippen molar-refractivity contribution in [2.24, 2.45) is 0 Å². The minimum atomic E-state index is -0.574. The van der Waals surface area contributed by atoms with E-state index in [9.17, 15) is 4.79 Å². The fraction of sp³-hybridized carbons (Fsp3) is 0.333. The average Bonchev–Trinajstić information content (AvgIpc) is 2.56. The van der Waals surface area contributed by atoms with Gasteiger partial charge >= 0.3 is 6.09 Å².